The fourth-order valence-corrected chi connectivity index (χ4v) is 2.60. The summed E-state index contributed by atoms with van der Waals surface area (Å²) in [5.74, 6) is 1.68. The van der Waals surface area contributed by atoms with E-state index in [-0.39, 0.29) is 6.04 Å². The summed E-state index contributed by atoms with van der Waals surface area (Å²) in [6.45, 7) is 2.39. The predicted octanol–water partition coefficient (Wildman–Crippen LogP) is 3.64. The van der Waals surface area contributed by atoms with Crippen LogP contribution >= 0.6 is 11.6 Å². The maximum atomic E-state index is 6.15. The van der Waals surface area contributed by atoms with Crippen molar-refractivity contribution in [3.05, 3.63) is 59.2 Å². The Hall–Kier alpha value is -2.44. The number of pyridine rings is 1. The summed E-state index contributed by atoms with van der Waals surface area (Å²) in [7, 11) is 1.61. The van der Waals surface area contributed by atoms with Crippen LogP contribution < -0.4 is 10.1 Å². The number of rotatable bonds is 6. The first-order valence-electron chi connectivity index (χ1n) is 7.49. The number of benzene rings is 1. The molecule has 0 aliphatic carbocycles. The van der Waals surface area contributed by atoms with Crippen LogP contribution in [-0.2, 0) is 6.54 Å². The molecule has 0 saturated carbocycles. The van der Waals surface area contributed by atoms with Crippen LogP contribution in [0.15, 0.2) is 47.1 Å². The lowest BCUT2D eigenvalue weighted by atomic mass is 10.2. The molecule has 3 rings (SSSR count). The molecule has 0 amide bonds. The molecule has 1 atom stereocenters. The minimum Gasteiger partial charge on any atom is -0.496 e. The Labute approximate surface area is 144 Å². The average molecular weight is 345 g/mol. The lowest BCUT2D eigenvalue weighted by Gasteiger charge is -2.12. The lowest BCUT2D eigenvalue weighted by molar-refractivity contribution is 0.359. The summed E-state index contributed by atoms with van der Waals surface area (Å²) in [6.07, 6.45) is 1.71. The van der Waals surface area contributed by atoms with Gasteiger partial charge in [0.1, 0.15) is 5.75 Å². The second-order valence-corrected chi connectivity index (χ2v) is 5.59. The van der Waals surface area contributed by atoms with Crippen molar-refractivity contribution in [1.29, 1.82) is 0 Å². The van der Waals surface area contributed by atoms with E-state index in [2.05, 4.69) is 20.4 Å². The van der Waals surface area contributed by atoms with Crippen molar-refractivity contribution in [2.45, 2.75) is 19.5 Å². The maximum Gasteiger partial charge on any atom is 0.240 e. The number of halogens is 1. The normalized spacial score (nSPS) is 12.1. The molecular formula is C17H17ClN4O2. The van der Waals surface area contributed by atoms with Crippen molar-refractivity contribution in [1.82, 2.24) is 20.4 Å². The number of nitrogens with zero attached hydrogens (tertiary/aromatic N) is 3. The van der Waals surface area contributed by atoms with E-state index in [1.54, 1.807) is 19.4 Å². The first-order valence-corrected chi connectivity index (χ1v) is 7.86. The third kappa shape index (κ3) is 3.55. The van der Waals surface area contributed by atoms with E-state index in [9.17, 15) is 0 Å². The van der Waals surface area contributed by atoms with Crippen molar-refractivity contribution in [2.24, 2.45) is 0 Å². The van der Waals surface area contributed by atoms with Gasteiger partial charge in [-0.05, 0) is 31.2 Å². The van der Waals surface area contributed by atoms with Gasteiger partial charge in [-0.1, -0.05) is 28.9 Å². The van der Waals surface area contributed by atoms with E-state index in [0.29, 0.717) is 29.0 Å². The largest absolute Gasteiger partial charge is 0.496 e. The smallest absolute Gasteiger partial charge is 0.240 e. The molecule has 6 nitrogen and oxygen atoms in total. The number of ether oxygens (including phenoxy) is 1. The summed E-state index contributed by atoms with van der Waals surface area (Å²) < 4.78 is 10.6. The topological polar surface area (TPSA) is 73.1 Å². The molecule has 2 heterocycles. The number of aromatic nitrogens is 3. The highest BCUT2D eigenvalue weighted by Crippen LogP contribution is 2.27. The van der Waals surface area contributed by atoms with E-state index in [4.69, 9.17) is 20.9 Å². The van der Waals surface area contributed by atoms with Gasteiger partial charge in [0.05, 0.1) is 29.9 Å². The van der Waals surface area contributed by atoms with Crippen LogP contribution in [-0.4, -0.2) is 22.2 Å². The Bertz CT molecular complexity index is 822. The van der Waals surface area contributed by atoms with Gasteiger partial charge in [0.25, 0.3) is 0 Å². The van der Waals surface area contributed by atoms with Crippen LogP contribution in [0.4, 0.5) is 0 Å². The second-order valence-electron chi connectivity index (χ2n) is 5.19. The molecule has 3 aromatic rings. The molecule has 0 radical (unpaired) electrons. The molecule has 0 saturated heterocycles. The Balaban J connectivity index is 1.70. The number of hydrogen-bond donors (Lipinski definition) is 1. The zero-order valence-electron chi connectivity index (χ0n) is 13.4. The van der Waals surface area contributed by atoms with Crippen LogP contribution in [0.3, 0.4) is 0 Å². The highest BCUT2D eigenvalue weighted by Gasteiger charge is 2.15. The van der Waals surface area contributed by atoms with Crippen molar-refractivity contribution in [3.63, 3.8) is 0 Å². The molecule has 0 bridgehead atoms. The Morgan fingerprint density at radius 2 is 2.08 bits per heavy atom. The number of nitrogens with one attached hydrogen (secondary N) is 1. The molecule has 0 aliphatic rings. The van der Waals surface area contributed by atoms with E-state index >= 15 is 0 Å². The molecule has 124 valence electrons. The van der Waals surface area contributed by atoms with Crippen LogP contribution in [0.25, 0.3) is 11.4 Å². The zero-order valence-corrected chi connectivity index (χ0v) is 14.1. The Morgan fingerprint density at radius 3 is 2.88 bits per heavy atom. The quantitative estimate of drug-likeness (QED) is 0.736. The van der Waals surface area contributed by atoms with Crippen LogP contribution in [0.1, 0.15) is 24.6 Å². The van der Waals surface area contributed by atoms with Gasteiger partial charge in [-0.3, -0.25) is 4.98 Å². The van der Waals surface area contributed by atoms with Gasteiger partial charge in [0, 0.05) is 12.2 Å². The van der Waals surface area contributed by atoms with Gasteiger partial charge in [-0.25, -0.2) is 0 Å². The Kier molecular flexibility index (Phi) is 5.08. The third-order valence-corrected chi connectivity index (χ3v) is 3.89. The highest BCUT2D eigenvalue weighted by atomic mass is 35.5. The van der Waals surface area contributed by atoms with Gasteiger partial charge >= 0.3 is 0 Å². The molecule has 0 aliphatic heterocycles. The first-order chi connectivity index (χ1) is 11.7. The number of methoxy groups -OCH3 is 1. The number of para-hydroxylation sites is 1. The molecular weight excluding hydrogens is 328 g/mol. The summed E-state index contributed by atoms with van der Waals surface area (Å²) in [4.78, 5) is 8.69. The minimum absolute atomic E-state index is 0.0414. The predicted molar refractivity (Wildman–Crippen MR) is 90.8 cm³/mol. The summed E-state index contributed by atoms with van der Waals surface area (Å²) in [5.41, 5.74) is 1.57. The summed E-state index contributed by atoms with van der Waals surface area (Å²) >= 11 is 6.15. The van der Waals surface area contributed by atoms with E-state index in [0.717, 1.165) is 11.3 Å². The standard InChI is InChI=1S/C17H17ClN4O2/c1-11(16-13(18)7-5-9-19-16)20-10-15-21-17(22-24-15)12-6-3-4-8-14(12)23-2/h3-9,11,20H,10H2,1-2H3. The zero-order chi connectivity index (χ0) is 16.9. The van der Waals surface area contributed by atoms with Gasteiger partial charge in [-0.15, -0.1) is 0 Å². The molecule has 1 aromatic carbocycles. The van der Waals surface area contributed by atoms with Crippen LogP contribution in [0.5, 0.6) is 5.75 Å². The van der Waals surface area contributed by atoms with Crippen molar-refractivity contribution < 1.29 is 9.26 Å². The van der Waals surface area contributed by atoms with Gasteiger partial charge in [0.2, 0.25) is 11.7 Å². The maximum absolute atomic E-state index is 6.15. The molecule has 1 N–H and O–H groups in total. The molecule has 7 heteroatoms. The van der Waals surface area contributed by atoms with Crippen molar-refractivity contribution in [2.75, 3.05) is 7.11 Å². The lowest BCUT2D eigenvalue weighted by Crippen LogP contribution is -2.19. The van der Waals surface area contributed by atoms with E-state index < -0.39 is 0 Å². The molecule has 0 spiro atoms. The van der Waals surface area contributed by atoms with Crippen molar-refractivity contribution >= 4 is 11.6 Å². The highest BCUT2D eigenvalue weighted by molar-refractivity contribution is 6.31. The summed E-state index contributed by atoms with van der Waals surface area (Å²) in [6, 6.07) is 11.1. The summed E-state index contributed by atoms with van der Waals surface area (Å²) in [5, 5.41) is 7.91. The molecule has 0 fully saturated rings. The SMILES string of the molecule is COc1ccccc1-c1noc(CNC(C)c2ncccc2Cl)n1. The fraction of sp³-hybridized carbons (Fsp3) is 0.235. The molecule has 2 aromatic heterocycles. The number of hydrogen-bond acceptors (Lipinski definition) is 6. The van der Waals surface area contributed by atoms with Gasteiger partial charge < -0.3 is 14.6 Å². The van der Waals surface area contributed by atoms with Crippen LogP contribution in [0.2, 0.25) is 5.02 Å². The fourth-order valence-electron chi connectivity index (χ4n) is 2.32. The Morgan fingerprint density at radius 1 is 1.25 bits per heavy atom. The monoisotopic (exact) mass is 344 g/mol. The van der Waals surface area contributed by atoms with Gasteiger partial charge in [0.15, 0.2) is 0 Å². The second kappa shape index (κ2) is 7.42. The van der Waals surface area contributed by atoms with E-state index in [1.165, 1.54) is 0 Å². The van der Waals surface area contributed by atoms with Crippen LogP contribution in [0, 0.1) is 0 Å². The molecule has 1 unspecified atom stereocenters. The van der Waals surface area contributed by atoms with E-state index in [1.807, 2.05) is 37.3 Å². The molecule has 24 heavy (non-hydrogen) atoms. The average Bonchev–Trinajstić information content (AvgIpc) is 3.09. The minimum atomic E-state index is -0.0414. The van der Waals surface area contributed by atoms with Crippen molar-refractivity contribution in [3.8, 4) is 17.1 Å². The third-order valence-electron chi connectivity index (χ3n) is 3.57. The van der Waals surface area contributed by atoms with Gasteiger partial charge in [-0.2, -0.15) is 4.98 Å². The first kappa shape index (κ1) is 16.4.